The van der Waals surface area contributed by atoms with Gasteiger partial charge >= 0.3 is 0 Å². The number of allylic oxidation sites excluding steroid dienone is 2. The van der Waals surface area contributed by atoms with E-state index in [9.17, 15) is 15.0 Å². The molecule has 5 atom stereocenters. The number of hydrogen-bond donors (Lipinski definition) is 2. The van der Waals surface area contributed by atoms with E-state index in [1.54, 1.807) is 0 Å². The van der Waals surface area contributed by atoms with Gasteiger partial charge in [0.25, 0.3) is 0 Å². The Balaban J connectivity index is 1.94. The number of carbonyl (C=O) groups excluding carboxylic acids is 1. The van der Waals surface area contributed by atoms with Crippen molar-refractivity contribution < 1.29 is 15.0 Å². The Labute approximate surface area is 140 Å². The molecule has 130 valence electrons. The van der Waals surface area contributed by atoms with E-state index in [1.807, 2.05) is 0 Å². The molecule has 0 radical (unpaired) electrons. The minimum Gasteiger partial charge on any atom is -0.394 e. The molecule has 0 spiro atoms. The summed E-state index contributed by atoms with van der Waals surface area (Å²) in [4.78, 5) is 12.4. The van der Waals surface area contributed by atoms with Gasteiger partial charge in [0.1, 0.15) is 5.78 Å². The fourth-order valence-corrected chi connectivity index (χ4v) is 5.97. The molecule has 0 aromatic heterocycles. The van der Waals surface area contributed by atoms with E-state index < -0.39 is 6.10 Å². The molecule has 0 heterocycles. The molecule has 3 heteroatoms. The van der Waals surface area contributed by atoms with Gasteiger partial charge < -0.3 is 10.2 Å². The van der Waals surface area contributed by atoms with Crippen LogP contribution in [0.25, 0.3) is 0 Å². The van der Waals surface area contributed by atoms with Crippen molar-refractivity contribution in [3.63, 3.8) is 0 Å². The third kappa shape index (κ3) is 2.42. The van der Waals surface area contributed by atoms with Crippen LogP contribution in [0.5, 0.6) is 0 Å². The number of Topliss-reactive ketones (excluding diaryl/α,β-unsaturated/α-hetero) is 1. The van der Waals surface area contributed by atoms with Crippen LogP contribution in [0, 0.1) is 28.1 Å². The molecule has 3 aliphatic carbocycles. The molecule has 0 aromatic carbocycles. The monoisotopic (exact) mass is 320 g/mol. The zero-order valence-corrected chi connectivity index (χ0v) is 15.1. The molecule has 0 saturated heterocycles. The normalized spacial score (nSPS) is 44.1. The molecular weight excluding hydrogens is 288 g/mol. The average Bonchev–Trinajstić information content (AvgIpc) is 2.50. The van der Waals surface area contributed by atoms with E-state index in [0.29, 0.717) is 24.0 Å². The summed E-state index contributed by atoms with van der Waals surface area (Å²) in [7, 11) is 0. The van der Waals surface area contributed by atoms with Crippen molar-refractivity contribution in [1.82, 2.24) is 0 Å². The minimum absolute atomic E-state index is 0.131. The second-order valence-corrected chi connectivity index (χ2v) is 9.31. The van der Waals surface area contributed by atoms with Crippen molar-refractivity contribution >= 4 is 5.78 Å². The van der Waals surface area contributed by atoms with Gasteiger partial charge in [0.05, 0.1) is 12.7 Å². The van der Waals surface area contributed by atoms with Crippen molar-refractivity contribution in [3.05, 3.63) is 11.6 Å². The molecule has 2 N–H and O–H groups in total. The summed E-state index contributed by atoms with van der Waals surface area (Å²) >= 11 is 0. The second-order valence-electron chi connectivity index (χ2n) is 9.31. The van der Waals surface area contributed by atoms with E-state index in [4.69, 9.17) is 0 Å². The van der Waals surface area contributed by atoms with Gasteiger partial charge in [0, 0.05) is 11.8 Å². The Morgan fingerprint density at radius 1 is 1.26 bits per heavy atom. The highest BCUT2D eigenvalue weighted by atomic mass is 16.3. The van der Waals surface area contributed by atoms with Gasteiger partial charge in [-0.15, -0.1) is 0 Å². The Morgan fingerprint density at radius 3 is 2.61 bits per heavy atom. The largest absolute Gasteiger partial charge is 0.394 e. The lowest BCUT2D eigenvalue weighted by Gasteiger charge is -2.58. The summed E-state index contributed by atoms with van der Waals surface area (Å²) < 4.78 is 0. The first-order valence-corrected chi connectivity index (χ1v) is 9.18. The SMILES string of the molecule is CC1(C(O)CO)CC=C2C(CCC3C(C)(C)C(=O)CCC23C)C1. The van der Waals surface area contributed by atoms with Crippen LogP contribution < -0.4 is 0 Å². The van der Waals surface area contributed by atoms with Gasteiger partial charge in [-0.05, 0) is 54.8 Å². The van der Waals surface area contributed by atoms with Crippen molar-refractivity contribution in [2.45, 2.75) is 72.3 Å². The number of carbonyl (C=O) groups is 1. The maximum atomic E-state index is 12.4. The number of ketones is 1. The van der Waals surface area contributed by atoms with Gasteiger partial charge in [-0.2, -0.15) is 0 Å². The van der Waals surface area contributed by atoms with Gasteiger partial charge in [0.2, 0.25) is 0 Å². The maximum Gasteiger partial charge on any atom is 0.138 e. The van der Waals surface area contributed by atoms with Crippen LogP contribution in [0.2, 0.25) is 0 Å². The fourth-order valence-electron chi connectivity index (χ4n) is 5.97. The summed E-state index contributed by atoms with van der Waals surface area (Å²) in [6, 6.07) is 0. The van der Waals surface area contributed by atoms with E-state index in [1.165, 1.54) is 5.57 Å². The van der Waals surface area contributed by atoms with Crippen molar-refractivity contribution in [2.24, 2.45) is 28.1 Å². The third-order valence-electron chi connectivity index (χ3n) is 7.61. The van der Waals surface area contributed by atoms with Gasteiger partial charge in [-0.1, -0.05) is 39.3 Å². The Bertz CT molecular complexity index is 535. The van der Waals surface area contributed by atoms with Crippen LogP contribution in [0.4, 0.5) is 0 Å². The lowest BCUT2D eigenvalue weighted by Crippen LogP contribution is -2.53. The topological polar surface area (TPSA) is 57.5 Å². The Kier molecular flexibility index (Phi) is 4.04. The first-order valence-electron chi connectivity index (χ1n) is 9.18. The smallest absolute Gasteiger partial charge is 0.138 e. The van der Waals surface area contributed by atoms with E-state index in [2.05, 4.69) is 33.8 Å². The van der Waals surface area contributed by atoms with Crippen LogP contribution in [0.1, 0.15) is 66.2 Å². The molecule has 0 aliphatic heterocycles. The van der Waals surface area contributed by atoms with Gasteiger partial charge in [0.15, 0.2) is 0 Å². The van der Waals surface area contributed by atoms with Crippen molar-refractivity contribution in [1.29, 1.82) is 0 Å². The average molecular weight is 320 g/mol. The zero-order valence-electron chi connectivity index (χ0n) is 15.1. The molecule has 5 unspecified atom stereocenters. The Hall–Kier alpha value is -0.670. The summed E-state index contributed by atoms with van der Waals surface area (Å²) in [6.07, 6.45) is 7.37. The van der Waals surface area contributed by atoms with Crippen molar-refractivity contribution in [3.8, 4) is 0 Å². The predicted molar refractivity (Wildman–Crippen MR) is 90.9 cm³/mol. The molecule has 0 aromatic rings. The Morgan fingerprint density at radius 2 is 1.96 bits per heavy atom. The fraction of sp³-hybridized carbons (Fsp3) is 0.850. The number of aliphatic hydroxyl groups excluding tert-OH is 2. The molecule has 23 heavy (non-hydrogen) atoms. The standard InChI is InChI=1S/C20H32O3/c1-18(2)15-6-5-13-11-19(3,17(23)12-21)9-7-14(13)20(15,4)10-8-16(18)22/h7,13,15,17,21,23H,5-6,8-12H2,1-4H3. The minimum atomic E-state index is -0.643. The summed E-state index contributed by atoms with van der Waals surface area (Å²) in [5.41, 5.74) is 1.24. The van der Waals surface area contributed by atoms with E-state index in [-0.39, 0.29) is 22.9 Å². The zero-order chi connectivity index (χ0) is 17.0. The van der Waals surface area contributed by atoms with E-state index >= 15 is 0 Å². The molecule has 2 saturated carbocycles. The lowest BCUT2D eigenvalue weighted by atomic mass is 9.46. The number of hydrogen-bond acceptors (Lipinski definition) is 3. The van der Waals surface area contributed by atoms with Crippen LogP contribution in [0.3, 0.4) is 0 Å². The highest BCUT2D eigenvalue weighted by Gasteiger charge is 2.56. The molecule has 3 aliphatic rings. The van der Waals surface area contributed by atoms with Gasteiger partial charge in [-0.3, -0.25) is 4.79 Å². The van der Waals surface area contributed by atoms with Crippen LogP contribution in [0.15, 0.2) is 11.6 Å². The highest BCUT2D eigenvalue weighted by molar-refractivity contribution is 5.85. The molecule has 2 fully saturated rings. The summed E-state index contributed by atoms with van der Waals surface area (Å²) in [5, 5.41) is 19.6. The van der Waals surface area contributed by atoms with Crippen LogP contribution >= 0.6 is 0 Å². The predicted octanol–water partition coefficient (Wildman–Crippen LogP) is 3.49. The van der Waals surface area contributed by atoms with E-state index in [0.717, 1.165) is 32.1 Å². The maximum absolute atomic E-state index is 12.4. The lowest BCUT2D eigenvalue weighted by molar-refractivity contribution is -0.141. The quantitative estimate of drug-likeness (QED) is 0.766. The molecule has 0 bridgehead atoms. The number of aliphatic hydroxyl groups is 2. The summed E-state index contributed by atoms with van der Waals surface area (Å²) in [6.45, 7) is 8.59. The van der Waals surface area contributed by atoms with Crippen molar-refractivity contribution in [2.75, 3.05) is 6.61 Å². The first-order chi connectivity index (χ1) is 10.6. The first kappa shape index (κ1) is 17.2. The number of fused-ring (bicyclic) bond motifs is 3. The third-order valence-corrected chi connectivity index (χ3v) is 7.61. The molecule has 3 nitrogen and oxygen atoms in total. The molecule has 0 amide bonds. The highest BCUT2D eigenvalue weighted by Crippen LogP contribution is 2.62. The molecule has 3 rings (SSSR count). The summed E-state index contributed by atoms with van der Waals surface area (Å²) in [5.74, 6) is 1.36. The van der Waals surface area contributed by atoms with Crippen LogP contribution in [-0.2, 0) is 4.79 Å². The van der Waals surface area contributed by atoms with Gasteiger partial charge in [-0.25, -0.2) is 0 Å². The van der Waals surface area contributed by atoms with Crippen LogP contribution in [-0.4, -0.2) is 28.7 Å². The second kappa shape index (κ2) is 5.42. The molecular formula is C20H32O3. The number of rotatable bonds is 2.